The van der Waals surface area contributed by atoms with Crippen molar-refractivity contribution in [3.05, 3.63) is 69.6 Å². The second kappa shape index (κ2) is 6.84. The average Bonchev–Trinajstić information content (AvgIpc) is 3.09. The van der Waals surface area contributed by atoms with Gasteiger partial charge < -0.3 is 4.98 Å². The first-order valence-corrected chi connectivity index (χ1v) is 13.6. The molecule has 1 N–H and O–H groups in total. The molecule has 2 aromatic carbocycles. The van der Waals surface area contributed by atoms with E-state index < -0.39 is 8.24 Å². The standard InChI is InChI=1S/C24H28ClNSSi/c1-15-16(2)23(22-21(15)19-9-7-8-10-20(19)27-22)28(6,26-24(3,4)5)18-13-11-17(25)12-14-18/h7-14,23,26H,1-6H3. The zero-order valence-electron chi connectivity index (χ0n) is 17.5. The Hall–Kier alpha value is -1.39. The van der Waals surface area contributed by atoms with Crippen molar-refractivity contribution in [3.63, 3.8) is 0 Å². The number of nitrogens with one attached hydrogen (secondary N) is 1. The second-order valence-electron chi connectivity index (χ2n) is 9.16. The van der Waals surface area contributed by atoms with Gasteiger partial charge in [-0.15, -0.1) is 11.3 Å². The Morgan fingerprint density at radius 3 is 2.29 bits per heavy atom. The van der Waals surface area contributed by atoms with Gasteiger partial charge in [0.05, 0.1) is 0 Å². The molecule has 0 amide bonds. The number of hydrogen-bond donors (Lipinski definition) is 1. The van der Waals surface area contributed by atoms with Crippen LogP contribution in [-0.4, -0.2) is 13.8 Å². The Morgan fingerprint density at radius 1 is 1.00 bits per heavy atom. The monoisotopic (exact) mass is 425 g/mol. The van der Waals surface area contributed by atoms with Crippen LogP contribution in [0.25, 0.3) is 15.7 Å². The van der Waals surface area contributed by atoms with E-state index in [1.54, 1.807) is 0 Å². The summed E-state index contributed by atoms with van der Waals surface area (Å²) in [7, 11) is -2.13. The fourth-order valence-corrected chi connectivity index (χ4v) is 12.0. The van der Waals surface area contributed by atoms with Gasteiger partial charge in [0.25, 0.3) is 0 Å². The fourth-order valence-electron chi connectivity index (χ4n) is 4.85. The molecule has 146 valence electrons. The summed E-state index contributed by atoms with van der Waals surface area (Å²) in [6, 6.07) is 17.4. The van der Waals surface area contributed by atoms with Gasteiger partial charge in [0.1, 0.15) is 0 Å². The molecule has 1 aliphatic carbocycles. The highest BCUT2D eigenvalue weighted by Crippen LogP contribution is 2.52. The Bertz CT molecular complexity index is 1070. The van der Waals surface area contributed by atoms with E-state index in [0.29, 0.717) is 5.54 Å². The molecule has 1 nitrogen and oxygen atoms in total. The van der Waals surface area contributed by atoms with Crippen molar-refractivity contribution in [2.75, 3.05) is 0 Å². The summed E-state index contributed by atoms with van der Waals surface area (Å²) in [6.45, 7) is 14.0. The maximum absolute atomic E-state index is 6.23. The molecule has 2 unspecified atom stereocenters. The van der Waals surface area contributed by atoms with Crippen molar-refractivity contribution in [3.8, 4) is 0 Å². The van der Waals surface area contributed by atoms with E-state index >= 15 is 0 Å². The molecule has 0 bridgehead atoms. The summed E-state index contributed by atoms with van der Waals surface area (Å²) in [5, 5.41) is 3.62. The van der Waals surface area contributed by atoms with Crippen LogP contribution in [0.5, 0.6) is 0 Å². The highest BCUT2D eigenvalue weighted by atomic mass is 35.5. The van der Waals surface area contributed by atoms with E-state index in [1.807, 2.05) is 23.5 Å². The van der Waals surface area contributed by atoms with E-state index in [-0.39, 0.29) is 5.54 Å². The highest BCUT2D eigenvalue weighted by molar-refractivity contribution is 7.20. The van der Waals surface area contributed by atoms with Crippen LogP contribution in [0.4, 0.5) is 0 Å². The highest BCUT2D eigenvalue weighted by Gasteiger charge is 2.47. The lowest BCUT2D eigenvalue weighted by atomic mass is 10.1. The number of rotatable bonds is 3. The van der Waals surface area contributed by atoms with Gasteiger partial charge in [-0.05, 0) is 69.1 Å². The first-order valence-electron chi connectivity index (χ1n) is 9.86. The lowest BCUT2D eigenvalue weighted by molar-refractivity contribution is 0.510. The summed E-state index contributed by atoms with van der Waals surface area (Å²) in [4.78, 5) is 5.65. The van der Waals surface area contributed by atoms with Crippen LogP contribution in [0.15, 0.2) is 54.1 Å². The normalized spacial score (nSPS) is 19.2. The molecule has 0 saturated heterocycles. The zero-order chi connectivity index (χ0) is 20.3. The third kappa shape index (κ3) is 3.19. The van der Waals surface area contributed by atoms with E-state index in [2.05, 4.69) is 82.5 Å². The molecule has 28 heavy (non-hydrogen) atoms. The molecule has 1 aromatic heterocycles. The minimum Gasteiger partial charge on any atom is -0.329 e. The van der Waals surface area contributed by atoms with Gasteiger partial charge in [0.15, 0.2) is 8.24 Å². The van der Waals surface area contributed by atoms with Crippen molar-refractivity contribution < 1.29 is 0 Å². The van der Waals surface area contributed by atoms with E-state index in [9.17, 15) is 0 Å². The number of fused-ring (bicyclic) bond motifs is 3. The number of benzene rings is 2. The number of hydrogen-bond acceptors (Lipinski definition) is 2. The van der Waals surface area contributed by atoms with Crippen LogP contribution >= 0.6 is 22.9 Å². The third-order valence-corrected chi connectivity index (χ3v) is 12.3. The molecule has 0 radical (unpaired) electrons. The molecule has 0 fully saturated rings. The molecule has 3 aromatic rings. The summed E-state index contributed by atoms with van der Waals surface area (Å²) >= 11 is 8.21. The smallest absolute Gasteiger partial charge is 0.167 e. The molecular formula is C24H28ClNSSi. The second-order valence-corrected chi connectivity index (χ2v) is 14.5. The Kier molecular flexibility index (Phi) is 4.86. The predicted octanol–water partition coefficient (Wildman–Crippen LogP) is 6.86. The molecule has 2 atom stereocenters. The number of allylic oxidation sites excluding steroid dienone is 2. The SMILES string of the molecule is CC1=C(C)C([Si](C)(NC(C)(C)C)c2ccc(Cl)cc2)c2sc3ccccc3c21. The number of halogens is 1. The maximum atomic E-state index is 6.23. The lowest BCUT2D eigenvalue weighted by Gasteiger charge is -2.41. The Labute approximate surface area is 178 Å². The molecule has 1 heterocycles. The van der Waals surface area contributed by atoms with Crippen molar-refractivity contribution in [1.82, 2.24) is 4.98 Å². The zero-order valence-corrected chi connectivity index (χ0v) is 20.1. The van der Waals surface area contributed by atoms with Gasteiger partial charge in [-0.2, -0.15) is 0 Å². The molecule has 4 heteroatoms. The fraction of sp³-hybridized carbons (Fsp3) is 0.333. The van der Waals surface area contributed by atoms with Gasteiger partial charge >= 0.3 is 0 Å². The summed E-state index contributed by atoms with van der Waals surface area (Å²) in [5.74, 6) is 0. The summed E-state index contributed by atoms with van der Waals surface area (Å²) < 4.78 is 1.40. The van der Waals surface area contributed by atoms with Crippen molar-refractivity contribution in [1.29, 1.82) is 0 Å². The van der Waals surface area contributed by atoms with E-state index in [4.69, 9.17) is 11.6 Å². The molecule has 0 aliphatic heterocycles. The first kappa shape index (κ1) is 19.9. The van der Waals surface area contributed by atoms with Gasteiger partial charge in [0, 0.05) is 31.1 Å². The van der Waals surface area contributed by atoms with E-state index in [1.165, 1.54) is 36.9 Å². The van der Waals surface area contributed by atoms with Crippen molar-refractivity contribution in [2.24, 2.45) is 0 Å². The maximum Gasteiger partial charge on any atom is 0.167 e. The largest absolute Gasteiger partial charge is 0.329 e. The quantitative estimate of drug-likeness (QED) is 0.452. The van der Waals surface area contributed by atoms with Crippen LogP contribution in [0.1, 0.15) is 50.6 Å². The number of thiophene rings is 1. The van der Waals surface area contributed by atoms with Gasteiger partial charge in [-0.1, -0.05) is 54.1 Å². The van der Waals surface area contributed by atoms with Crippen LogP contribution in [0.2, 0.25) is 11.6 Å². The van der Waals surface area contributed by atoms with Crippen LogP contribution < -0.4 is 10.2 Å². The molecule has 0 saturated carbocycles. The minimum atomic E-state index is -2.13. The lowest BCUT2D eigenvalue weighted by Crippen LogP contribution is -2.67. The molecule has 0 spiro atoms. The summed E-state index contributed by atoms with van der Waals surface area (Å²) in [6.07, 6.45) is 0. The van der Waals surface area contributed by atoms with Crippen LogP contribution in [-0.2, 0) is 0 Å². The minimum absolute atomic E-state index is 0.0359. The van der Waals surface area contributed by atoms with Gasteiger partial charge in [0.2, 0.25) is 0 Å². The first-order chi connectivity index (χ1) is 13.1. The van der Waals surface area contributed by atoms with Crippen molar-refractivity contribution in [2.45, 2.75) is 52.2 Å². The Morgan fingerprint density at radius 2 is 1.64 bits per heavy atom. The topological polar surface area (TPSA) is 12.0 Å². The predicted molar refractivity (Wildman–Crippen MR) is 128 cm³/mol. The van der Waals surface area contributed by atoms with Crippen LogP contribution in [0, 0.1) is 0 Å². The Balaban J connectivity index is 1.96. The van der Waals surface area contributed by atoms with E-state index in [0.717, 1.165) is 5.02 Å². The van der Waals surface area contributed by atoms with Crippen LogP contribution in [0.3, 0.4) is 0 Å². The van der Waals surface area contributed by atoms with Gasteiger partial charge in [-0.25, -0.2) is 0 Å². The van der Waals surface area contributed by atoms with Gasteiger partial charge in [-0.3, -0.25) is 0 Å². The summed E-state index contributed by atoms with van der Waals surface area (Å²) in [5.41, 5.74) is 4.93. The molecule has 4 rings (SSSR count). The molecule has 1 aliphatic rings. The third-order valence-electron chi connectivity index (χ3n) is 5.94. The van der Waals surface area contributed by atoms with Crippen molar-refractivity contribution >= 4 is 52.0 Å². The average molecular weight is 426 g/mol. The molecular weight excluding hydrogens is 398 g/mol.